The molecule has 0 saturated heterocycles. The molecule has 20 heavy (non-hydrogen) atoms. The van der Waals surface area contributed by atoms with Crippen molar-refractivity contribution in [1.29, 1.82) is 0 Å². The number of aryl methyl sites for hydroxylation is 1. The molecule has 0 bridgehead atoms. The second-order valence-electron chi connectivity index (χ2n) is 4.75. The number of hydrogen-bond donors (Lipinski definition) is 2. The fourth-order valence-electron chi connectivity index (χ4n) is 2.00. The van der Waals surface area contributed by atoms with E-state index in [1.807, 2.05) is 12.1 Å². The van der Waals surface area contributed by atoms with Crippen LogP contribution in [0.1, 0.15) is 27.2 Å². The number of benzene rings is 1. The maximum atomic E-state index is 12.0. The summed E-state index contributed by atoms with van der Waals surface area (Å²) in [5.41, 5.74) is 9.31. The highest BCUT2D eigenvalue weighted by atomic mass is 16.1. The summed E-state index contributed by atoms with van der Waals surface area (Å²) in [4.78, 5) is 16.0. The number of carbonyl (C=O) groups excluding carboxylic acids is 1. The van der Waals surface area contributed by atoms with E-state index in [0.717, 1.165) is 12.0 Å². The quantitative estimate of drug-likeness (QED) is 0.870. The first-order valence-electron chi connectivity index (χ1n) is 6.68. The van der Waals surface area contributed by atoms with E-state index < -0.39 is 0 Å². The molecule has 0 aliphatic rings. The molecule has 0 atom stereocenters. The molecule has 2 aromatic rings. The molecule has 1 aromatic carbocycles. The molecule has 0 aliphatic heterocycles. The van der Waals surface area contributed by atoms with Crippen LogP contribution in [-0.2, 0) is 13.0 Å². The smallest absolute Gasteiger partial charge is 0.269 e. The lowest BCUT2D eigenvalue weighted by molar-refractivity contribution is 0.0949. The topological polar surface area (TPSA) is 68.0 Å². The molecule has 0 fully saturated rings. The molecule has 1 aromatic heterocycles. The van der Waals surface area contributed by atoms with Crippen LogP contribution in [0.3, 0.4) is 0 Å². The number of carbonyl (C=O) groups is 1. The zero-order chi connectivity index (χ0) is 14.4. The number of nitrogens with one attached hydrogen (secondary N) is 1. The Bertz CT molecular complexity index is 596. The molecule has 4 nitrogen and oxygen atoms in total. The van der Waals surface area contributed by atoms with Gasteiger partial charge in [0.1, 0.15) is 5.69 Å². The van der Waals surface area contributed by atoms with E-state index in [0.29, 0.717) is 18.8 Å². The van der Waals surface area contributed by atoms with Gasteiger partial charge in [0.05, 0.1) is 0 Å². The lowest BCUT2D eigenvalue weighted by Crippen LogP contribution is -2.26. The summed E-state index contributed by atoms with van der Waals surface area (Å²) < 4.78 is 0. The highest BCUT2D eigenvalue weighted by Crippen LogP contribution is 2.04. The lowest BCUT2D eigenvalue weighted by atomic mass is 10.1. The maximum Gasteiger partial charge on any atom is 0.269 e. The average molecular weight is 269 g/mol. The van der Waals surface area contributed by atoms with E-state index in [-0.39, 0.29) is 5.91 Å². The lowest BCUT2D eigenvalue weighted by Gasteiger charge is -2.06. The molecule has 0 radical (unpaired) electrons. The third-order valence-corrected chi connectivity index (χ3v) is 3.07. The zero-order valence-electron chi connectivity index (χ0n) is 11.6. The third-order valence-electron chi connectivity index (χ3n) is 3.07. The highest BCUT2D eigenvalue weighted by molar-refractivity contribution is 5.92. The van der Waals surface area contributed by atoms with E-state index in [9.17, 15) is 4.79 Å². The standard InChI is InChI=1S/C16H19N3O/c1-12-3-2-4-13(9-12)5-8-19-16(20)15-10-14(11-17)6-7-18-15/h2-4,6-7,9-10H,5,8,11,17H2,1H3,(H,19,20). The van der Waals surface area contributed by atoms with Gasteiger partial charge in [-0.15, -0.1) is 0 Å². The Hall–Kier alpha value is -2.20. The highest BCUT2D eigenvalue weighted by Gasteiger charge is 2.06. The van der Waals surface area contributed by atoms with Crippen LogP contribution in [-0.4, -0.2) is 17.4 Å². The van der Waals surface area contributed by atoms with E-state index in [1.165, 1.54) is 11.1 Å². The molecule has 4 heteroatoms. The Balaban J connectivity index is 1.89. The number of hydrogen-bond acceptors (Lipinski definition) is 3. The maximum absolute atomic E-state index is 12.0. The Morgan fingerprint density at radius 1 is 1.25 bits per heavy atom. The van der Waals surface area contributed by atoms with Crippen LogP contribution in [0.4, 0.5) is 0 Å². The predicted octanol–water partition coefficient (Wildman–Crippen LogP) is 1.82. The molecule has 0 aliphatic carbocycles. The molecule has 1 amide bonds. The molecule has 0 spiro atoms. The summed E-state index contributed by atoms with van der Waals surface area (Å²) >= 11 is 0. The fourth-order valence-corrected chi connectivity index (χ4v) is 2.00. The van der Waals surface area contributed by atoms with Crippen molar-refractivity contribution in [2.75, 3.05) is 6.54 Å². The second kappa shape index (κ2) is 6.82. The summed E-state index contributed by atoms with van der Waals surface area (Å²) in [6, 6.07) is 11.8. The molecule has 1 heterocycles. The van der Waals surface area contributed by atoms with Gasteiger partial charge in [-0.3, -0.25) is 9.78 Å². The van der Waals surface area contributed by atoms with Crippen molar-refractivity contribution in [3.8, 4) is 0 Å². The Morgan fingerprint density at radius 2 is 2.10 bits per heavy atom. The van der Waals surface area contributed by atoms with Gasteiger partial charge >= 0.3 is 0 Å². The summed E-state index contributed by atoms with van der Waals surface area (Å²) in [7, 11) is 0. The number of nitrogens with zero attached hydrogens (tertiary/aromatic N) is 1. The van der Waals surface area contributed by atoms with E-state index in [1.54, 1.807) is 12.3 Å². The van der Waals surface area contributed by atoms with Crippen molar-refractivity contribution >= 4 is 5.91 Å². The second-order valence-corrected chi connectivity index (χ2v) is 4.75. The average Bonchev–Trinajstić information content (AvgIpc) is 2.47. The van der Waals surface area contributed by atoms with Crippen LogP contribution in [0.25, 0.3) is 0 Å². The van der Waals surface area contributed by atoms with Gasteiger partial charge in [0.25, 0.3) is 5.91 Å². The van der Waals surface area contributed by atoms with Gasteiger partial charge in [-0.2, -0.15) is 0 Å². The molecule has 2 rings (SSSR count). The summed E-state index contributed by atoms with van der Waals surface area (Å²) in [5.74, 6) is -0.159. The van der Waals surface area contributed by atoms with E-state index in [4.69, 9.17) is 5.73 Å². The van der Waals surface area contributed by atoms with Crippen molar-refractivity contribution in [3.63, 3.8) is 0 Å². The largest absolute Gasteiger partial charge is 0.350 e. The predicted molar refractivity (Wildman–Crippen MR) is 79.3 cm³/mol. The zero-order valence-corrected chi connectivity index (χ0v) is 11.6. The van der Waals surface area contributed by atoms with Crippen molar-refractivity contribution in [1.82, 2.24) is 10.3 Å². The van der Waals surface area contributed by atoms with Crippen molar-refractivity contribution in [3.05, 3.63) is 65.0 Å². The minimum absolute atomic E-state index is 0.159. The minimum atomic E-state index is -0.159. The Labute approximate surface area is 119 Å². The van der Waals surface area contributed by atoms with Crippen LogP contribution in [0.5, 0.6) is 0 Å². The SMILES string of the molecule is Cc1cccc(CCNC(=O)c2cc(CN)ccn2)c1. The first-order valence-corrected chi connectivity index (χ1v) is 6.68. The van der Waals surface area contributed by atoms with Gasteiger partial charge in [-0.1, -0.05) is 29.8 Å². The summed E-state index contributed by atoms with van der Waals surface area (Å²) in [6.45, 7) is 3.06. The van der Waals surface area contributed by atoms with Crippen LogP contribution >= 0.6 is 0 Å². The Morgan fingerprint density at radius 3 is 2.85 bits per heavy atom. The van der Waals surface area contributed by atoms with E-state index >= 15 is 0 Å². The van der Waals surface area contributed by atoms with Crippen LogP contribution in [0.15, 0.2) is 42.6 Å². The first kappa shape index (κ1) is 14.2. The molecule has 0 unspecified atom stereocenters. The van der Waals surface area contributed by atoms with Crippen molar-refractivity contribution in [2.45, 2.75) is 19.9 Å². The van der Waals surface area contributed by atoms with E-state index in [2.05, 4.69) is 35.4 Å². The van der Waals surface area contributed by atoms with Gasteiger partial charge in [-0.05, 0) is 36.6 Å². The van der Waals surface area contributed by atoms with Gasteiger partial charge < -0.3 is 11.1 Å². The van der Waals surface area contributed by atoms with Crippen molar-refractivity contribution in [2.24, 2.45) is 5.73 Å². The normalized spacial score (nSPS) is 10.3. The van der Waals surface area contributed by atoms with Gasteiger partial charge in [-0.25, -0.2) is 0 Å². The van der Waals surface area contributed by atoms with Gasteiger partial charge in [0.15, 0.2) is 0 Å². The number of amides is 1. The molecule has 0 saturated carbocycles. The van der Waals surface area contributed by atoms with Crippen molar-refractivity contribution < 1.29 is 4.79 Å². The fraction of sp³-hybridized carbons (Fsp3) is 0.250. The van der Waals surface area contributed by atoms with Gasteiger partial charge in [0, 0.05) is 19.3 Å². The minimum Gasteiger partial charge on any atom is -0.350 e. The number of aromatic nitrogens is 1. The molecular formula is C16H19N3O. The number of pyridine rings is 1. The summed E-state index contributed by atoms with van der Waals surface area (Å²) in [5, 5.41) is 2.88. The molecule has 104 valence electrons. The molecular weight excluding hydrogens is 250 g/mol. The van der Waals surface area contributed by atoms with Gasteiger partial charge in [0.2, 0.25) is 0 Å². The third kappa shape index (κ3) is 3.90. The number of nitrogens with two attached hydrogens (primary N) is 1. The monoisotopic (exact) mass is 269 g/mol. The Kier molecular flexibility index (Phi) is 4.85. The van der Waals surface area contributed by atoms with Crippen LogP contribution in [0, 0.1) is 6.92 Å². The number of rotatable bonds is 5. The first-order chi connectivity index (χ1) is 9.69. The van der Waals surface area contributed by atoms with Crippen LogP contribution in [0.2, 0.25) is 0 Å². The molecule has 3 N–H and O–H groups in total. The summed E-state index contributed by atoms with van der Waals surface area (Å²) in [6.07, 6.45) is 2.42. The van der Waals surface area contributed by atoms with Crippen LogP contribution < -0.4 is 11.1 Å².